The Bertz CT molecular complexity index is 858. The fourth-order valence-corrected chi connectivity index (χ4v) is 4.78. The second-order valence-electron chi connectivity index (χ2n) is 8.18. The van der Waals surface area contributed by atoms with Gasteiger partial charge in [-0.15, -0.1) is 0 Å². The molecule has 2 fully saturated rings. The summed E-state index contributed by atoms with van der Waals surface area (Å²) in [5.74, 6) is 0.558. The highest BCUT2D eigenvalue weighted by atomic mass is 19.1. The lowest BCUT2D eigenvalue weighted by atomic mass is 9.83. The molecule has 0 spiro atoms. The third-order valence-electron chi connectivity index (χ3n) is 6.24. The van der Waals surface area contributed by atoms with Crippen LogP contribution in [0.4, 0.5) is 4.39 Å². The number of aliphatic hydroxyl groups excluding tert-OH is 1. The topological polar surface area (TPSA) is 53.0 Å². The largest absolute Gasteiger partial charge is 0.491 e. The van der Waals surface area contributed by atoms with Crippen LogP contribution in [-0.2, 0) is 6.54 Å². The molecule has 2 aliphatic rings. The van der Waals surface area contributed by atoms with Gasteiger partial charge in [0.05, 0.1) is 12.2 Å². The van der Waals surface area contributed by atoms with E-state index in [1.807, 2.05) is 17.0 Å². The minimum Gasteiger partial charge on any atom is -0.491 e. The lowest BCUT2D eigenvalue weighted by Crippen LogP contribution is -2.54. The summed E-state index contributed by atoms with van der Waals surface area (Å²) in [6, 6.07) is 14.8. The number of benzene rings is 2. The van der Waals surface area contributed by atoms with Crippen molar-refractivity contribution in [2.75, 3.05) is 32.8 Å². The molecule has 2 aromatic rings. The number of rotatable bonds is 6. The minimum absolute atomic E-state index is 0.00896. The lowest BCUT2D eigenvalue weighted by Gasteiger charge is -2.47. The van der Waals surface area contributed by atoms with E-state index < -0.39 is 5.82 Å². The molecule has 1 N–H and O–H groups in total. The summed E-state index contributed by atoms with van der Waals surface area (Å²) in [6.45, 7) is 3.61. The quantitative estimate of drug-likeness (QED) is 0.791. The zero-order valence-electron chi connectivity index (χ0n) is 17.2. The number of ether oxygens (including phenoxy) is 1. The van der Waals surface area contributed by atoms with Gasteiger partial charge in [-0.25, -0.2) is 4.39 Å². The Morgan fingerprint density at radius 1 is 1.10 bits per heavy atom. The van der Waals surface area contributed by atoms with Gasteiger partial charge in [-0.3, -0.25) is 9.69 Å². The first-order chi connectivity index (χ1) is 14.7. The molecule has 2 heterocycles. The van der Waals surface area contributed by atoms with Crippen molar-refractivity contribution in [1.82, 2.24) is 9.80 Å². The molecule has 0 unspecified atom stereocenters. The van der Waals surface area contributed by atoms with Crippen molar-refractivity contribution < 1.29 is 19.0 Å². The zero-order chi connectivity index (χ0) is 20.9. The molecule has 2 saturated heterocycles. The first kappa shape index (κ1) is 20.8. The SMILES string of the molecule is O=C(c1ccccc1F)N1CC[C@H]2[C@H](CCCN2Cc2ccc(OCCO)cc2)C1. The standard InChI is InChI=1S/C24H29FN2O3/c25-22-6-2-1-5-21(22)24(29)27-13-11-23-19(17-27)4-3-12-26(23)16-18-7-9-20(10-8-18)30-15-14-28/h1-2,5-10,19,23,28H,3-4,11-17H2/t19-,23+/m1/s1. The molecule has 160 valence electrons. The van der Waals surface area contributed by atoms with Crippen molar-refractivity contribution in [2.45, 2.75) is 31.8 Å². The number of fused-ring (bicyclic) bond motifs is 1. The number of likely N-dealkylation sites (tertiary alicyclic amines) is 2. The van der Waals surface area contributed by atoms with Gasteiger partial charge < -0.3 is 14.7 Å². The number of hydrogen-bond donors (Lipinski definition) is 1. The van der Waals surface area contributed by atoms with Crippen LogP contribution < -0.4 is 4.74 Å². The summed E-state index contributed by atoms with van der Waals surface area (Å²) < 4.78 is 19.5. The summed E-state index contributed by atoms with van der Waals surface area (Å²) in [6.07, 6.45) is 3.14. The monoisotopic (exact) mass is 412 g/mol. The molecule has 1 amide bonds. The molecule has 30 heavy (non-hydrogen) atoms. The van der Waals surface area contributed by atoms with E-state index in [2.05, 4.69) is 17.0 Å². The number of carbonyl (C=O) groups is 1. The molecule has 5 nitrogen and oxygen atoms in total. The van der Waals surface area contributed by atoms with Gasteiger partial charge in [0.2, 0.25) is 0 Å². The predicted molar refractivity (Wildman–Crippen MR) is 113 cm³/mol. The van der Waals surface area contributed by atoms with Crippen LogP contribution in [0.1, 0.15) is 35.2 Å². The van der Waals surface area contributed by atoms with Crippen molar-refractivity contribution in [3.8, 4) is 5.75 Å². The van der Waals surface area contributed by atoms with Crippen molar-refractivity contribution in [3.05, 3.63) is 65.5 Å². The normalized spacial score (nSPS) is 21.9. The van der Waals surface area contributed by atoms with E-state index in [0.717, 1.165) is 38.1 Å². The van der Waals surface area contributed by atoms with Gasteiger partial charge in [0, 0.05) is 25.7 Å². The molecular formula is C24H29FN2O3. The number of amides is 1. The fourth-order valence-electron chi connectivity index (χ4n) is 4.78. The molecular weight excluding hydrogens is 383 g/mol. The molecule has 0 aromatic heterocycles. The highest BCUT2D eigenvalue weighted by Gasteiger charge is 2.37. The Kier molecular flexibility index (Phi) is 6.65. The highest BCUT2D eigenvalue weighted by Crippen LogP contribution is 2.32. The van der Waals surface area contributed by atoms with E-state index in [1.54, 1.807) is 18.2 Å². The Hall–Kier alpha value is -2.44. The van der Waals surface area contributed by atoms with E-state index in [0.29, 0.717) is 31.7 Å². The summed E-state index contributed by atoms with van der Waals surface area (Å²) in [5.41, 5.74) is 1.41. The number of piperidine rings is 2. The van der Waals surface area contributed by atoms with Gasteiger partial charge in [-0.2, -0.15) is 0 Å². The van der Waals surface area contributed by atoms with Gasteiger partial charge in [-0.1, -0.05) is 24.3 Å². The fraction of sp³-hybridized carbons (Fsp3) is 0.458. The molecule has 2 aliphatic heterocycles. The van der Waals surface area contributed by atoms with E-state index in [9.17, 15) is 9.18 Å². The maximum atomic E-state index is 14.1. The van der Waals surface area contributed by atoms with Crippen LogP contribution in [0.5, 0.6) is 5.75 Å². The molecule has 0 aliphatic carbocycles. The first-order valence-electron chi connectivity index (χ1n) is 10.8. The van der Waals surface area contributed by atoms with Crippen molar-refractivity contribution in [2.24, 2.45) is 5.92 Å². The van der Waals surface area contributed by atoms with Gasteiger partial charge in [-0.05, 0) is 61.6 Å². The van der Waals surface area contributed by atoms with Crippen LogP contribution in [0.25, 0.3) is 0 Å². The zero-order valence-corrected chi connectivity index (χ0v) is 17.2. The third-order valence-corrected chi connectivity index (χ3v) is 6.24. The molecule has 6 heteroatoms. The van der Waals surface area contributed by atoms with Gasteiger partial charge >= 0.3 is 0 Å². The van der Waals surface area contributed by atoms with Gasteiger partial charge in [0.1, 0.15) is 18.2 Å². The molecule has 2 atom stereocenters. The maximum Gasteiger partial charge on any atom is 0.256 e. The predicted octanol–water partition coefficient (Wildman–Crippen LogP) is 3.32. The molecule has 0 saturated carbocycles. The average molecular weight is 413 g/mol. The highest BCUT2D eigenvalue weighted by molar-refractivity contribution is 5.94. The summed E-state index contributed by atoms with van der Waals surface area (Å²) in [5, 5.41) is 8.87. The van der Waals surface area contributed by atoms with E-state index in [1.165, 1.54) is 11.6 Å². The van der Waals surface area contributed by atoms with Crippen LogP contribution in [0, 0.1) is 11.7 Å². The molecule has 4 rings (SSSR count). The second kappa shape index (κ2) is 9.58. The Balaban J connectivity index is 1.38. The summed E-state index contributed by atoms with van der Waals surface area (Å²) in [4.78, 5) is 17.2. The van der Waals surface area contributed by atoms with Gasteiger partial charge in [0.15, 0.2) is 0 Å². The Labute approximate surface area is 177 Å². The number of hydrogen-bond acceptors (Lipinski definition) is 4. The van der Waals surface area contributed by atoms with E-state index in [-0.39, 0.29) is 18.1 Å². The van der Waals surface area contributed by atoms with Gasteiger partial charge in [0.25, 0.3) is 5.91 Å². The lowest BCUT2D eigenvalue weighted by molar-refractivity contribution is 0.0173. The summed E-state index contributed by atoms with van der Waals surface area (Å²) in [7, 11) is 0. The third kappa shape index (κ3) is 4.65. The van der Waals surface area contributed by atoms with Crippen molar-refractivity contribution in [1.29, 1.82) is 0 Å². The minimum atomic E-state index is -0.443. The molecule has 0 radical (unpaired) electrons. The second-order valence-corrected chi connectivity index (χ2v) is 8.18. The molecule has 2 aromatic carbocycles. The van der Waals surface area contributed by atoms with E-state index >= 15 is 0 Å². The number of halogens is 1. The molecule has 0 bridgehead atoms. The Morgan fingerprint density at radius 2 is 1.90 bits per heavy atom. The number of nitrogens with zero attached hydrogens (tertiary/aromatic N) is 2. The average Bonchev–Trinajstić information content (AvgIpc) is 2.78. The first-order valence-corrected chi connectivity index (χ1v) is 10.8. The number of aliphatic hydroxyl groups is 1. The maximum absolute atomic E-state index is 14.1. The van der Waals surface area contributed by atoms with E-state index in [4.69, 9.17) is 9.84 Å². The van der Waals surface area contributed by atoms with Crippen LogP contribution in [0.3, 0.4) is 0 Å². The van der Waals surface area contributed by atoms with Crippen molar-refractivity contribution >= 4 is 5.91 Å². The van der Waals surface area contributed by atoms with Crippen molar-refractivity contribution in [3.63, 3.8) is 0 Å². The van der Waals surface area contributed by atoms with Crippen LogP contribution in [0.15, 0.2) is 48.5 Å². The number of carbonyl (C=O) groups excluding carboxylic acids is 1. The van der Waals surface area contributed by atoms with Crippen LogP contribution in [0.2, 0.25) is 0 Å². The smallest absolute Gasteiger partial charge is 0.256 e. The summed E-state index contributed by atoms with van der Waals surface area (Å²) >= 11 is 0. The Morgan fingerprint density at radius 3 is 2.67 bits per heavy atom. The van der Waals surface area contributed by atoms with Crippen LogP contribution >= 0.6 is 0 Å². The van der Waals surface area contributed by atoms with Crippen LogP contribution in [-0.4, -0.2) is 59.7 Å².